The molecule has 0 aliphatic rings. The van der Waals surface area contributed by atoms with Gasteiger partial charge in [-0.05, 0) is 77.0 Å². The van der Waals surface area contributed by atoms with Crippen molar-refractivity contribution < 1.29 is 16.8 Å². The van der Waals surface area contributed by atoms with Crippen LogP contribution in [0.3, 0.4) is 0 Å². The van der Waals surface area contributed by atoms with Crippen LogP contribution in [0.25, 0.3) is 0 Å². The maximum Gasteiger partial charge on any atom is 0.399 e. The first kappa shape index (κ1) is 39.3. The lowest BCUT2D eigenvalue weighted by molar-refractivity contribution is 0.208. The molecule has 5 heteroatoms. The molecule has 0 saturated carbocycles. The molecule has 0 heterocycles. The highest BCUT2D eigenvalue weighted by Gasteiger charge is 2.11. The van der Waals surface area contributed by atoms with Crippen LogP contribution < -0.4 is 0 Å². The highest BCUT2D eigenvalue weighted by Crippen LogP contribution is 2.11. The summed E-state index contributed by atoms with van der Waals surface area (Å²) in [7, 11) is -3.85. The smallest absolute Gasteiger partial charge is 0.248 e. The summed E-state index contributed by atoms with van der Waals surface area (Å²) in [6.45, 7) is 4.74. The summed E-state index contributed by atoms with van der Waals surface area (Å²) in [4.78, 5) is 0. The number of unbranched alkanes of at least 4 members (excludes halogenated alkanes) is 12. The molecular weight excluding hydrogens is 528 g/mol. The largest absolute Gasteiger partial charge is 0.399 e. The molecule has 0 aromatic carbocycles. The Hall–Kier alpha value is -1.69. The van der Waals surface area contributed by atoms with E-state index in [0.29, 0.717) is 0 Å². The van der Waals surface area contributed by atoms with Crippen molar-refractivity contribution in [2.45, 2.75) is 142 Å². The number of allylic oxidation sites excluding steroid dienone is 12. The molecule has 0 radical (unpaired) electrons. The average molecular weight is 591 g/mol. The average Bonchev–Trinajstić information content (AvgIpc) is 2.96. The molecule has 0 N–H and O–H groups in total. The van der Waals surface area contributed by atoms with Gasteiger partial charge in [0, 0.05) is 0 Å². The van der Waals surface area contributed by atoms with Gasteiger partial charge in [-0.2, -0.15) is 8.42 Å². The second-order valence-corrected chi connectivity index (χ2v) is 11.7. The van der Waals surface area contributed by atoms with Crippen LogP contribution in [0.2, 0.25) is 0 Å². The van der Waals surface area contributed by atoms with E-state index in [0.717, 1.165) is 89.9 Å². The Morgan fingerprint density at radius 2 is 0.683 bits per heavy atom. The van der Waals surface area contributed by atoms with Crippen LogP contribution in [-0.2, 0) is 18.8 Å². The Kier molecular flexibility index (Phi) is 31.5. The van der Waals surface area contributed by atoms with Crippen molar-refractivity contribution in [3.8, 4) is 0 Å². The minimum absolute atomic E-state index is 0.216. The van der Waals surface area contributed by atoms with Gasteiger partial charge in [0.1, 0.15) is 0 Å². The van der Waals surface area contributed by atoms with Crippen LogP contribution in [0.15, 0.2) is 72.9 Å². The lowest BCUT2D eigenvalue weighted by Gasteiger charge is -2.06. The lowest BCUT2D eigenvalue weighted by atomic mass is 10.1. The van der Waals surface area contributed by atoms with Gasteiger partial charge in [-0.1, -0.05) is 138 Å². The van der Waals surface area contributed by atoms with Crippen molar-refractivity contribution in [1.29, 1.82) is 0 Å². The summed E-state index contributed by atoms with van der Waals surface area (Å²) in [5.74, 6) is 0. The Labute approximate surface area is 255 Å². The van der Waals surface area contributed by atoms with Crippen LogP contribution in [0.4, 0.5) is 0 Å². The highest BCUT2D eigenvalue weighted by atomic mass is 32.3. The zero-order valence-corrected chi connectivity index (χ0v) is 27.3. The third-order valence-corrected chi connectivity index (χ3v) is 7.46. The standard InChI is InChI=1S/C36H62O4S/c1-3-5-7-9-11-13-15-17-19-21-23-25-27-29-31-33-35-39-41(37,38)40-36-34-32-30-28-26-24-22-20-18-16-14-12-10-8-6-4-2/h5-8,11-14,17-20H,3-4,9-10,15-16,21-36H2,1-2H3/b7-5-,8-6-,13-11-,14-12-,19-17-,20-18-. The molecule has 0 aliphatic carbocycles. The first-order chi connectivity index (χ1) is 20.1. The normalized spacial score (nSPS) is 13.1. The first-order valence-electron chi connectivity index (χ1n) is 16.6. The van der Waals surface area contributed by atoms with Gasteiger partial charge in [-0.3, -0.25) is 0 Å². The topological polar surface area (TPSA) is 52.6 Å². The second-order valence-electron chi connectivity index (χ2n) is 10.5. The van der Waals surface area contributed by atoms with E-state index in [2.05, 4.69) is 86.8 Å². The fourth-order valence-corrected chi connectivity index (χ4v) is 4.86. The van der Waals surface area contributed by atoms with Gasteiger partial charge in [0.25, 0.3) is 0 Å². The van der Waals surface area contributed by atoms with E-state index in [1.165, 1.54) is 38.5 Å². The van der Waals surface area contributed by atoms with E-state index in [1.807, 2.05) is 0 Å². The molecule has 0 bridgehead atoms. The molecule has 0 fully saturated rings. The first-order valence-corrected chi connectivity index (χ1v) is 17.9. The van der Waals surface area contributed by atoms with Crippen LogP contribution in [0.5, 0.6) is 0 Å². The zero-order chi connectivity index (χ0) is 30.0. The summed E-state index contributed by atoms with van der Waals surface area (Å²) in [5, 5.41) is 0. The maximum atomic E-state index is 11.9. The Morgan fingerprint density at radius 1 is 0.390 bits per heavy atom. The molecule has 0 aromatic heterocycles. The second kappa shape index (κ2) is 32.8. The van der Waals surface area contributed by atoms with Crippen molar-refractivity contribution in [3.63, 3.8) is 0 Å². The van der Waals surface area contributed by atoms with Crippen molar-refractivity contribution in [1.82, 2.24) is 0 Å². The predicted molar refractivity (Wildman–Crippen MR) is 179 cm³/mol. The van der Waals surface area contributed by atoms with Crippen molar-refractivity contribution in [3.05, 3.63) is 72.9 Å². The summed E-state index contributed by atoms with van der Waals surface area (Å²) in [6.07, 6.45) is 48.3. The van der Waals surface area contributed by atoms with E-state index in [9.17, 15) is 8.42 Å². The van der Waals surface area contributed by atoms with Crippen LogP contribution in [0, 0.1) is 0 Å². The van der Waals surface area contributed by atoms with Crippen molar-refractivity contribution in [2.75, 3.05) is 13.2 Å². The van der Waals surface area contributed by atoms with Gasteiger partial charge in [-0.25, -0.2) is 8.37 Å². The number of hydrogen-bond acceptors (Lipinski definition) is 4. The fraction of sp³-hybridized carbons (Fsp3) is 0.667. The van der Waals surface area contributed by atoms with Crippen LogP contribution in [0.1, 0.15) is 142 Å². The summed E-state index contributed by atoms with van der Waals surface area (Å²) < 4.78 is 33.8. The summed E-state index contributed by atoms with van der Waals surface area (Å²) in [5.41, 5.74) is 0. The third-order valence-electron chi connectivity index (χ3n) is 6.55. The highest BCUT2D eigenvalue weighted by molar-refractivity contribution is 7.81. The number of hydrogen-bond donors (Lipinski definition) is 0. The summed E-state index contributed by atoms with van der Waals surface area (Å²) >= 11 is 0. The molecule has 0 unspecified atom stereocenters. The van der Waals surface area contributed by atoms with E-state index in [4.69, 9.17) is 8.37 Å². The lowest BCUT2D eigenvalue weighted by Crippen LogP contribution is -2.12. The Balaban J connectivity index is 3.45. The maximum absolute atomic E-state index is 11.9. The van der Waals surface area contributed by atoms with Crippen LogP contribution in [-0.4, -0.2) is 21.6 Å². The molecule has 0 rings (SSSR count). The van der Waals surface area contributed by atoms with Crippen LogP contribution >= 0.6 is 0 Å². The quantitative estimate of drug-likeness (QED) is 0.0617. The zero-order valence-electron chi connectivity index (χ0n) is 26.5. The van der Waals surface area contributed by atoms with E-state index in [-0.39, 0.29) is 13.2 Å². The summed E-state index contributed by atoms with van der Waals surface area (Å²) in [6, 6.07) is 0. The molecule has 0 aliphatic heterocycles. The molecule has 4 nitrogen and oxygen atoms in total. The number of rotatable bonds is 30. The van der Waals surface area contributed by atoms with Crippen molar-refractivity contribution in [2.24, 2.45) is 0 Å². The molecule has 0 spiro atoms. The van der Waals surface area contributed by atoms with Gasteiger partial charge < -0.3 is 0 Å². The third kappa shape index (κ3) is 34.4. The molecule has 236 valence electrons. The molecule has 0 amide bonds. The molecule has 0 atom stereocenters. The van der Waals surface area contributed by atoms with Gasteiger partial charge in [0.15, 0.2) is 0 Å². The SMILES string of the molecule is CC/C=C\C/C=C\C/C=C\CCCCCCCCOS(=O)(=O)OCCCCCCCC/C=C\C/C=C\C/C=C\CC. The fourth-order valence-electron chi connectivity index (χ4n) is 4.15. The van der Waals surface area contributed by atoms with Gasteiger partial charge in [0.05, 0.1) is 13.2 Å². The van der Waals surface area contributed by atoms with Gasteiger partial charge in [0.2, 0.25) is 0 Å². The Morgan fingerprint density at radius 3 is 1.05 bits per heavy atom. The Bertz CT molecular complexity index is 757. The van der Waals surface area contributed by atoms with Crippen molar-refractivity contribution >= 4 is 10.4 Å². The minimum atomic E-state index is -3.85. The monoisotopic (exact) mass is 590 g/mol. The molecule has 0 saturated heterocycles. The predicted octanol–water partition coefficient (Wildman–Crippen LogP) is 11.4. The van der Waals surface area contributed by atoms with Gasteiger partial charge in [-0.15, -0.1) is 0 Å². The molecule has 0 aromatic rings. The molecular formula is C36H62O4S. The van der Waals surface area contributed by atoms with E-state index < -0.39 is 10.4 Å². The molecule has 41 heavy (non-hydrogen) atoms. The van der Waals surface area contributed by atoms with E-state index in [1.54, 1.807) is 0 Å². The minimum Gasteiger partial charge on any atom is -0.248 e. The van der Waals surface area contributed by atoms with E-state index >= 15 is 0 Å². The van der Waals surface area contributed by atoms with Gasteiger partial charge >= 0.3 is 10.4 Å².